The fourth-order valence-corrected chi connectivity index (χ4v) is 3.98. The number of aryl methyl sites for hydroxylation is 1. The molecule has 1 N–H and O–H groups in total. The van der Waals surface area contributed by atoms with Crippen molar-refractivity contribution in [3.8, 4) is 5.69 Å². The van der Waals surface area contributed by atoms with E-state index in [2.05, 4.69) is 16.5 Å². The van der Waals surface area contributed by atoms with Crippen LogP contribution in [0.5, 0.6) is 0 Å². The third-order valence-electron chi connectivity index (χ3n) is 5.27. The molecule has 1 aliphatic rings. The van der Waals surface area contributed by atoms with Crippen LogP contribution in [0.15, 0.2) is 54.7 Å². The lowest BCUT2D eigenvalue weighted by Crippen LogP contribution is -2.37. The minimum atomic E-state index is -4.75. The van der Waals surface area contributed by atoms with Crippen LogP contribution in [-0.4, -0.2) is 21.7 Å². The van der Waals surface area contributed by atoms with Gasteiger partial charge in [-0.3, -0.25) is 4.79 Å². The van der Waals surface area contributed by atoms with Gasteiger partial charge in [0, 0.05) is 11.1 Å². The van der Waals surface area contributed by atoms with Crippen molar-refractivity contribution < 1.29 is 18.0 Å². The molecule has 8 heteroatoms. The molecule has 2 aromatic carbocycles. The van der Waals surface area contributed by atoms with Crippen molar-refractivity contribution in [2.24, 2.45) is 0 Å². The number of carbonyl (C=O) groups excluding carboxylic acids is 1. The van der Waals surface area contributed by atoms with Gasteiger partial charge >= 0.3 is 6.18 Å². The number of hydrogen-bond acceptors (Lipinski definition) is 2. The van der Waals surface area contributed by atoms with Crippen LogP contribution in [0.4, 0.5) is 13.2 Å². The van der Waals surface area contributed by atoms with Crippen molar-refractivity contribution in [1.29, 1.82) is 0 Å². The molecule has 3 aromatic rings. The lowest BCUT2D eigenvalue weighted by Gasteiger charge is -2.18. The molecule has 0 saturated carbocycles. The van der Waals surface area contributed by atoms with E-state index in [1.807, 2.05) is 18.2 Å². The van der Waals surface area contributed by atoms with Gasteiger partial charge in [-0.2, -0.15) is 18.3 Å². The van der Waals surface area contributed by atoms with Crippen LogP contribution in [0.2, 0.25) is 5.02 Å². The highest BCUT2D eigenvalue weighted by Gasteiger charge is 2.41. The summed E-state index contributed by atoms with van der Waals surface area (Å²) in [7, 11) is 0. The molecule has 0 spiro atoms. The maximum absolute atomic E-state index is 13.8. The Labute approximate surface area is 176 Å². The van der Waals surface area contributed by atoms with Crippen molar-refractivity contribution >= 4 is 17.5 Å². The molecule has 156 valence electrons. The third kappa shape index (κ3) is 4.21. The van der Waals surface area contributed by atoms with Crippen LogP contribution < -0.4 is 5.32 Å². The number of benzene rings is 2. The fourth-order valence-electron chi connectivity index (χ4n) is 3.86. The van der Waals surface area contributed by atoms with Gasteiger partial charge in [0.05, 0.1) is 17.4 Å². The van der Waals surface area contributed by atoms with E-state index < -0.39 is 23.3 Å². The molecule has 30 heavy (non-hydrogen) atoms. The Morgan fingerprint density at radius 2 is 1.80 bits per heavy atom. The van der Waals surface area contributed by atoms with Gasteiger partial charge in [0.15, 0.2) is 5.69 Å². The van der Waals surface area contributed by atoms with E-state index >= 15 is 0 Å². The van der Waals surface area contributed by atoms with E-state index in [0.717, 1.165) is 29.3 Å². The number of halogens is 4. The first-order valence-electron chi connectivity index (χ1n) is 9.62. The Bertz CT molecular complexity index is 1060. The van der Waals surface area contributed by atoms with Gasteiger partial charge in [-0.05, 0) is 61.1 Å². The fraction of sp³-hybridized carbons (Fsp3) is 0.273. The van der Waals surface area contributed by atoms with Gasteiger partial charge in [-0.25, -0.2) is 4.68 Å². The third-order valence-corrected chi connectivity index (χ3v) is 5.52. The van der Waals surface area contributed by atoms with Gasteiger partial charge in [0.25, 0.3) is 5.91 Å². The summed E-state index contributed by atoms with van der Waals surface area (Å²) >= 11 is 5.83. The van der Waals surface area contributed by atoms with E-state index in [0.29, 0.717) is 17.9 Å². The summed E-state index contributed by atoms with van der Waals surface area (Å²) in [5.41, 5.74) is 0.925. The SMILES string of the molecule is O=C(NC1CCCc2ccccc2C1)c1cnn(-c2ccc(Cl)cc2)c1C(F)(F)F. The van der Waals surface area contributed by atoms with Crippen LogP contribution >= 0.6 is 11.6 Å². The molecule has 0 radical (unpaired) electrons. The Balaban J connectivity index is 1.62. The summed E-state index contributed by atoms with van der Waals surface area (Å²) in [5.74, 6) is -0.771. The van der Waals surface area contributed by atoms with E-state index in [-0.39, 0.29) is 11.7 Å². The van der Waals surface area contributed by atoms with Gasteiger partial charge in [0.1, 0.15) is 0 Å². The molecule has 4 nitrogen and oxygen atoms in total. The second-order valence-electron chi connectivity index (χ2n) is 7.33. The molecule has 1 atom stereocenters. The van der Waals surface area contributed by atoms with Crippen molar-refractivity contribution in [2.75, 3.05) is 0 Å². The van der Waals surface area contributed by atoms with Crippen LogP contribution in [0, 0.1) is 0 Å². The first-order chi connectivity index (χ1) is 14.3. The molecular formula is C22H19ClF3N3O. The maximum Gasteiger partial charge on any atom is 0.434 e. The van der Waals surface area contributed by atoms with Gasteiger partial charge < -0.3 is 5.32 Å². The van der Waals surface area contributed by atoms with Crippen molar-refractivity contribution in [1.82, 2.24) is 15.1 Å². The minimum absolute atomic E-state index is 0.175. The van der Waals surface area contributed by atoms with Crippen molar-refractivity contribution in [2.45, 2.75) is 37.9 Å². The smallest absolute Gasteiger partial charge is 0.349 e. The van der Waals surface area contributed by atoms with Gasteiger partial charge in [-0.1, -0.05) is 35.9 Å². The largest absolute Gasteiger partial charge is 0.434 e. The molecule has 1 amide bonds. The number of aromatic nitrogens is 2. The highest BCUT2D eigenvalue weighted by atomic mass is 35.5. The molecule has 1 aliphatic carbocycles. The topological polar surface area (TPSA) is 46.9 Å². The molecule has 1 aromatic heterocycles. The number of amides is 1. The monoisotopic (exact) mass is 433 g/mol. The first kappa shape index (κ1) is 20.5. The number of rotatable bonds is 3. The number of hydrogen-bond donors (Lipinski definition) is 1. The molecule has 0 fully saturated rings. The quantitative estimate of drug-likeness (QED) is 0.575. The highest BCUT2D eigenvalue weighted by molar-refractivity contribution is 6.30. The predicted octanol–water partition coefficient (Wildman–Crippen LogP) is 5.22. The number of carbonyl (C=O) groups is 1. The van der Waals surface area contributed by atoms with E-state index in [4.69, 9.17) is 11.6 Å². The predicted molar refractivity (Wildman–Crippen MR) is 108 cm³/mol. The lowest BCUT2D eigenvalue weighted by atomic mass is 10.0. The Kier molecular flexibility index (Phi) is 5.56. The molecule has 0 bridgehead atoms. The Hall–Kier alpha value is -2.80. The second-order valence-corrected chi connectivity index (χ2v) is 7.76. The molecule has 4 rings (SSSR count). The van der Waals surface area contributed by atoms with Crippen LogP contribution in [0.3, 0.4) is 0 Å². The number of alkyl halides is 3. The van der Waals surface area contributed by atoms with Gasteiger partial charge in [-0.15, -0.1) is 0 Å². The summed E-state index contributed by atoms with van der Waals surface area (Å²) in [6, 6.07) is 13.5. The summed E-state index contributed by atoms with van der Waals surface area (Å²) in [6.07, 6.45) is -0.735. The highest BCUT2D eigenvalue weighted by Crippen LogP contribution is 2.34. The zero-order valence-corrected chi connectivity index (χ0v) is 16.7. The molecular weight excluding hydrogens is 415 g/mol. The summed E-state index contributed by atoms with van der Waals surface area (Å²) in [5, 5.41) is 7.03. The van der Waals surface area contributed by atoms with Crippen LogP contribution in [0.25, 0.3) is 5.69 Å². The molecule has 0 aliphatic heterocycles. The maximum atomic E-state index is 13.8. The average Bonchev–Trinajstić information content (AvgIpc) is 3.06. The number of fused-ring (bicyclic) bond motifs is 1. The normalized spacial score (nSPS) is 16.6. The molecule has 1 unspecified atom stereocenters. The van der Waals surface area contributed by atoms with E-state index in [1.54, 1.807) is 0 Å². The van der Waals surface area contributed by atoms with E-state index in [9.17, 15) is 18.0 Å². The zero-order valence-electron chi connectivity index (χ0n) is 15.9. The first-order valence-corrected chi connectivity index (χ1v) is 9.99. The summed E-state index contributed by atoms with van der Waals surface area (Å²) < 4.78 is 42.3. The van der Waals surface area contributed by atoms with E-state index in [1.165, 1.54) is 29.8 Å². The minimum Gasteiger partial charge on any atom is -0.349 e. The van der Waals surface area contributed by atoms with Crippen molar-refractivity contribution in [3.05, 3.63) is 82.1 Å². The zero-order chi connectivity index (χ0) is 21.3. The summed E-state index contributed by atoms with van der Waals surface area (Å²) in [6.45, 7) is 0. The second kappa shape index (κ2) is 8.14. The number of nitrogens with one attached hydrogen (secondary N) is 1. The summed E-state index contributed by atoms with van der Waals surface area (Å²) in [4.78, 5) is 12.8. The van der Waals surface area contributed by atoms with Gasteiger partial charge in [0.2, 0.25) is 0 Å². The van der Waals surface area contributed by atoms with Crippen LogP contribution in [-0.2, 0) is 19.0 Å². The Morgan fingerprint density at radius 3 is 2.50 bits per heavy atom. The molecule has 1 heterocycles. The average molecular weight is 434 g/mol. The molecule has 0 saturated heterocycles. The Morgan fingerprint density at radius 1 is 1.10 bits per heavy atom. The van der Waals surface area contributed by atoms with Crippen molar-refractivity contribution in [3.63, 3.8) is 0 Å². The lowest BCUT2D eigenvalue weighted by molar-refractivity contribution is -0.143. The number of nitrogens with zero attached hydrogens (tertiary/aromatic N) is 2. The van der Waals surface area contributed by atoms with Crippen LogP contribution in [0.1, 0.15) is 40.0 Å². The standard InChI is InChI=1S/C22H19ClF3N3O/c23-16-8-10-18(11-9-16)29-20(22(24,25)26)19(13-27-29)21(30)28-17-7-3-6-14-4-1-2-5-15(14)12-17/h1-2,4-5,8-11,13,17H,3,6-7,12H2,(H,28,30).